The molecule has 1 aromatic carbocycles. The molecule has 0 bridgehead atoms. The molecule has 104 valence electrons. The van der Waals surface area contributed by atoms with Gasteiger partial charge >= 0.3 is 0 Å². The van der Waals surface area contributed by atoms with Crippen LogP contribution in [0.5, 0.6) is 0 Å². The Labute approximate surface area is 119 Å². The van der Waals surface area contributed by atoms with Crippen LogP contribution in [0.4, 0.5) is 0 Å². The molecule has 2 rings (SSSR count). The van der Waals surface area contributed by atoms with Crippen LogP contribution >= 0.6 is 0 Å². The van der Waals surface area contributed by atoms with Crippen molar-refractivity contribution in [1.29, 1.82) is 0 Å². The third-order valence-corrected chi connectivity index (χ3v) is 3.20. The number of hydrogen-bond acceptors (Lipinski definition) is 3. The third kappa shape index (κ3) is 3.65. The highest BCUT2D eigenvalue weighted by atomic mass is 16.1. The molecule has 1 aromatic heterocycles. The summed E-state index contributed by atoms with van der Waals surface area (Å²) >= 11 is 0. The molecule has 1 heterocycles. The minimum absolute atomic E-state index is 0.398. The van der Waals surface area contributed by atoms with E-state index in [0.717, 1.165) is 17.7 Å². The first-order valence-electron chi connectivity index (χ1n) is 6.73. The fourth-order valence-corrected chi connectivity index (χ4v) is 2.11. The van der Waals surface area contributed by atoms with Crippen LogP contribution in [-0.2, 0) is 19.5 Å². The molecule has 0 aliphatic carbocycles. The molecule has 0 spiro atoms. The lowest BCUT2D eigenvalue weighted by atomic mass is 10.1. The molecule has 0 saturated heterocycles. The van der Waals surface area contributed by atoms with E-state index in [9.17, 15) is 4.79 Å². The van der Waals surface area contributed by atoms with Crippen LogP contribution < -0.4 is 11.1 Å². The van der Waals surface area contributed by atoms with Crippen LogP contribution in [0.15, 0.2) is 42.6 Å². The van der Waals surface area contributed by atoms with Crippen molar-refractivity contribution in [3.8, 4) is 0 Å². The Kier molecular flexibility index (Phi) is 4.85. The first-order valence-corrected chi connectivity index (χ1v) is 6.73. The van der Waals surface area contributed by atoms with Gasteiger partial charge in [0.25, 0.3) is 0 Å². The lowest BCUT2D eigenvalue weighted by molar-refractivity contribution is 0.1000. The molecule has 0 saturated carbocycles. The van der Waals surface area contributed by atoms with E-state index in [1.54, 1.807) is 6.07 Å². The van der Waals surface area contributed by atoms with Gasteiger partial charge in [-0.15, -0.1) is 0 Å². The summed E-state index contributed by atoms with van der Waals surface area (Å²) in [5, 5.41) is 3.34. The van der Waals surface area contributed by atoms with Gasteiger partial charge in [0, 0.05) is 24.8 Å². The third-order valence-electron chi connectivity index (χ3n) is 3.20. The van der Waals surface area contributed by atoms with Crippen LogP contribution in [0.3, 0.4) is 0 Å². The summed E-state index contributed by atoms with van der Waals surface area (Å²) < 4.78 is 0. The van der Waals surface area contributed by atoms with Crippen LogP contribution in [0, 0.1) is 0 Å². The fraction of sp³-hybridized carbons (Fsp3) is 0.250. The predicted molar refractivity (Wildman–Crippen MR) is 79.1 cm³/mol. The number of amides is 1. The van der Waals surface area contributed by atoms with Crippen LogP contribution in [-0.4, -0.2) is 10.9 Å². The minimum Gasteiger partial charge on any atom is -0.366 e. The van der Waals surface area contributed by atoms with E-state index < -0.39 is 5.91 Å². The Hall–Kier alpha value is -2.20. The standard InChI is InChI=1S/C16H19N3O/c1-2-13-7-4-8-19-15(13)11-18-10-12-5-3-6-14(9-12)16(17)20/h3-9,18H,2,10-11H2,1H3,(H2,17,20). The highest BCUT2D eigenvalue weighted by molar-refractivity contribution is 5.92. The monoisotopic (exact) mass is 269 g/mol. The molecule has 20 heavy (non-hydrogen) atoms. The zero-order valence-electron chi connectivity index (χ0n) is 11.6. The van der Waals surface area contributed by atoms with Gasteiger partial charge in [0.15, 0.2) is 0 Å². The number of hydrogen-bond donors (Lipinski definition) is 2. The van der Waals surface area contributed by atoms with Gasteiger partial charge in [0.1, 0.15) is 0 Å². The molecular weight excluding hydrogens is 250 g/mol. The molecule has 0 atom stereocenters. The smallest absolute Gasteiger partial charge is 0.248 e. The summed E-state index contributed by atoms with van der Waals surface area (Å²) in [5.41, 5.74) is 9.17. The number of nitrogens with two attached hydrogens (primary N) is 1. The lowest BCUT2D eigenvalue weighted by Crippen LogP contribution is -2.16. The van der Waals surface area contributed by atoms with Crippen LogP contribution in [0.25, 0.3) is 0 Å². The van der Waals surface area contributed by atoms with E-state index in [2.05, 4.69) is 23.3 Å². The van der Waals surface area contributed by atoms with Crippen molar-refractivity contribution in [2.45, 2.75) is 26.4 Å². The summed E-state index contributed by atoms with van der Waals surface area (Å²) in [6, 6.07) is 11.4. The highest BCUT2D eigenvalue weighted by Crippen LogP contribution is 2.07. The molecule has 3 N–H and O–H groups in total. The van der Waals surface area contributed by atoms with Gasteiger partial charge in [-0.3, -0.25) is 9.78 Å². The maximum Gasteiger partial charge on any atom is 0.248 e. The van der Waals surface area contributed by atoms with Crippen molar-refractivity contribution >= 4 is 5.91 Å². The van der Waals surface area contributed by atoms with Gasteiger partial charge in [-0.2, -0.15) is 0 Å². The van der Waals surface area contributed by atoms with Crippen LogP contribution in [0.2, 0.25) is 0 Å². The van der Waals surface area contributed by atoms with Crippen molar-refractivity contribution in [3.63, 3.8) is 0 Å². The van der Waals surface area contributed by atoms with E-state index in [4.69, 9.17) is 5.73 Å². The number of benzene rings is 1. The molecule has 0 radical (unpaired) electrons. The summed E-state index contributed by atoms with van der Waals surface area (Å²) in [6.07, 6.45) is 2.78. The maximum atomic E-state index is 11.1. The largest absolute Gasteiger partial charge is 0.366 e. The number of primary amides is 1. The van der Waals surface area contributed by atoms with Crippen molar-refractivity contribution in [2.75, 3.05) is 0 Å². The Balaban J connectivity index is 1.96. The van der Waals surface area contributed by atoms with Gasteiger partial charge in [-0.05, 0) is 35.7 Å². The lowest BCUT2D eigenvalue weighted by Gasteiger charge is -2.08. The number of carbonyl (C=O) groups is 1. The topological polar surface area (TPSA) is 68.0 Å². The van der Waals surface area contributed by atoms with Gasteiger partial charge in [0.05, 0.1) is 5.69 Å². The summed E-state index contributed by atoms with van der Waals surface area (Å²) in [7, 11) is 0. The van der Waals surface area contributed by atoms with Gasteiger partial charge in [0.2, 0.25) is 5.91 Å². The van der Waals surface area contributed by atoms with Crippen molar-refractivity contribution in [3.05, 3.63) is 65.0 Å². The van der Waals surface area contributed by atoms with Crippen molar-refractivity contribution in [1.82, 2.24) is 10.3 Å². The number of aryl methyl sites for hydroxylation is 1. The number of carbonyl (C=O) groups excluding carboxylic acids is 1. The molecule has 0 unspecified atom stereocenters. The molecule has 0 aliphatic rings. The maximum absolute atomic E-state index is 11.1. The second kappa shape index (κ2) is 6.82. The second-order valence-electron chi connectivity index (χ2n) is 4.63. The molecule has 2 aromatic rings. The van der Waals surface area contributed by atoms with Crippen LogP contribution in [0.1, 0.15) is 34.1 Å². The summed E-state index contributed by atoms with van der Waals surface area (Å²) in [5.74, 6) is -0.398. The predicted octanol–water partition coefficient (Wildman–Crippen LogP) is 2.03. The van der Waals surface area contributed by atoms with Crippen molar-refractivity contribution in [2.24, 2.45) is 5.73 Å². The van der Waals surface area contributed by atoms with E-state index in [-0.39, 0.29) is 0 Å². The Bertz CT molecular complexity index is 596. The second-order valence-corrected chi connectivity index (χ2v) is 4.63. The first kappa shape index (κ1) is 14.2. The summed E-state index contributed by atoms with van der Waals surface area (Å²) in [6.45, 7) is 3.52. The fourth-order valence-electron chi connectivity index (χ4n) is 2.11. The van der Waals surface area contributed by atoms with Gasteiger partial charge in [-0.1, -0.05) is 25.1 Å². The molecule has 0 fully saturated rings. The SMILES string of the molecule is CCc1cccnc1CNCc1cccc(C(N)=O)c1. The Morgan fingerprint density at radius 3 is 2.85 bits per heavy atom. The normalized spacial score (nSPS) is 10.4. The number of nitrogens with one attached hydrogen (secondary N) is 1. The highest BCUT2D eigenvalue weighted by Gasteiger charge is 2.03. The van der Waals surface area contributed by atoms with E-state index in [1.807, 2.05) is 30.5 Å². The molecule has 4 nitrogen and oxygen atoms in total. The average Bonchev–Trinajstić information content (AvgIpc) is 2.48. The van der Waals surface area contributed by atoms with Gasteiger partial charge in [-0.25, -0.2) is 0 Å². The van der Waals surface area contributed by atoms with Gasteiger partial charge < -0.3 is 11.1 Å². The number of rotatable bonds is 6. The zero-order chi connectivity index (χ0) is 14.4. The minimum atomic E-state index is -0.398. The molecule has 1 amide bonds. The van der Waals surface area contributed by atoms with E-state index in [1.165, 1.54) is 5.56 Å². The number of aromatic nitrogens is 1. The zero-order valence-corrected chi connectivity index (χ0v) is 11.6. The molecule has 0 aliphatic heterocycles. The van der Waals surface area contributed by atoms with E-state index >= 15 is 0 Å². The number of nitrogens with zero attached hydrogens (tertiary/aromatic N) is 1. The Morgan fingerprint density at radius 1 is 1.25 bits per heavy atom. The average molecular weight is 269 g/mol. The van der Waals surface area contributed by atoms with E-state index in [0.29, 0.717) is 18.7 Å². The molecular formula is C16H19N3O. The Morgan fingerprint density at radius 2 is 2.10 bits per heavy atom. The number of pyridine rings is 1. The quantitative estimate of drug-likeness (QED) is 0.843. The summed E-state index contributed by atoms with van der Waals surface area (Å²) in [4.78, 5) is 15.5. The van der Waals surface area contributed by atoms with Crippen molar-refractivity contribution < 1.29 is 4.79 Å². The molecule has 4 heteroatoms. The first-order chi connectivity index (χ1) is 9.70.